The van der Waals surface area contributed by atoms with Crippen molar-refractivity contribution in [1.82, 2.24) is 0 Å². The van der Waals surface area contributed by atoms with Crippen LogP contribution < -0.4 is 0 Å². The van der Waals surface area contributed by atoms with E-state index in [1.54, 1.807) is 6.92 Å². The van der Waals surface area contributed by atoms with Crippen molar-refractivity contribution in [2.24, 2.45) is 0 Å². The van der Waals surface area contributed by atoms with Crippen LogP contribution in [-0.4, -0.2) is 11.4 Å². The quantitative estimate of drug-likeness (QED) is 0.268. The first-order valence-corrected chi connectivity index (χ1v) is 13.3. The van der Waals surface area contributed by atoms with Crippen LogP contribution in [-0.2, 0) is 18.1 Å². The Bertz CT molecular complexity index is 753. The number of halogens is 15. The van der Waals surface area contributed by atoms with Gasteiger partial charge in [-0.25, -0.2) is 5.11 Å². The first-order valence-electron chi connectivity index (χ1n) is 7.63. The minimum atomic E-state index is -2.39. The fraction of sp³-hybridized carbons (Fsp3) is 0.600. The topological polar surface area (TPSA) is 19.9 Å². The second-order valence-corrected chi connectivity index (χ2v) is 16.9. The molecular weight excluding hydrogens is 728 g/mol. The molecule has 0 aliphatic rings. The second kappa shape index (κ2) is 10.7. The molecule has 0 heterocycles. The molecule has 1 radical (unpaired) electrons. The summed E-state index contributed by atoms with van der Waals surface area (Å²) in [7, 11) is 0. The summed E-state index contributed by atoms with van der Waals surface area (Å²) in [6.45, 7) is 1.55. The molecule has 0 saturated heterocycles. The highest BCUT2D eigenvalue weighted by atomic mass is 35.6. The van der Waals surface area contributed by atoms with Gasteiger partial charge in [-0.1, -0.05) is 181 Å². The summed E-state index contributed by atoms with van der Waals surface area (Å²) in [6, 6.07) is 2.23. The van der Waals surface area contributed by atoms with Crippen LogP contribution in [0.25, 0.3) is 0 Å². The Kier molecular flexibility index (Phi) is 11.3. The lowest BCUT2D eigenvalue weighted by molar-refractivity contribution is 0.0837. The Hall–Kier alpha value is 3.53. The smallest absolute Gasteiger partial charge is 0.227 e. The first-order chi connectivity index (χ1) is 13.4. The molecule has 0 spiro atoms. The van der Waals surface area contributed by atoms with Crippen LogP contribution in [0.3, 0.4) is 0 Å². The molecule has 0 bridgehead atoms. The van der Waals surface area contributed by atoms with Crippen molar-refractivity contribution in [3.8, 4) is 0 Å². The zero-order valence-electron chi connectivity index (χ0n) is 14.5. The van der Waals surface area contributed by atoms with Gasteiger partial charge in [0.05, 0.1) is 0 Å². The van der Waals surface area contributed by atoms with E-state index in [4.69, 9.17) is 174 Å². The average molecular weight is 736 g/mol. The van der Waals surface area contributed by atoms with E-state index in [2.05, 4.69) is 0 Å². The van der Waals surface area contributed by atoms with E-state index in [1.165, 1.54) is 0 Å². The minimum Gasteiger partial charge on any atom is -0.228 e. The second-order valence-electron chi connectivity index (χ2n) is 6.10. The molecule has 0 aliphatic carbocycles. The highest BCUT2D eigenvalue weighted by Gasteiger charge is 2.56. The van der Waals surface area contributed by atoms with E-state index >= 15 is 0 Å². The van der Waals surface area contributed by atoms with Crippen molar-refractivity contribution in [1.29, 1.82) is 0 Å². The number of hydrogen-bond acceptors (Lipinski definition) is 0. The Morgan fingerprint density at radius 2 is 0.903 bits per heavy atom. The fourth-order valence-electron chi connectivity index (χ4n) is 2.37. The Morgan fingerprint density at radius 3 is 1.13 bits per heavy atom. The van der Waals surface area contributed by atoms with Crippen molar-refractivity contribution in [3.05, 3.63) is 34.4 Å². The molecule has 0 aromatic heterocycles. The molecule has 1 aromatic carbocycles. The molecule has 0 N–H and O–H groups in total. The van der Waals surface area contributed by atoms with Gasteiger partial charge in [0.15, 0.2) is 13.0 Å². The molecule has 179 valence electrons. The Morgan fingerprint density at radius 1 is 0.613 bits per heavy atom. The van der Waals surface area contributed by atoms with E-state index in [-0.39, 0.29) is 28.7 Å². The monoisotopic (exact) mass is 729 g/mol. The molecule has 1 aromatic rings. The highest BCUT2D eigenvalue weighted by Crippen LogP contribution is 2.61. The maximum Gasteiger partial charge on any atom is 0.227 e. The summed E-state index contributed by atoms with van der Waals surface area (Å²) in [5.74, 6) is 0. The van der Waals surface area contributed by atoms with Gasteiger partial charge in [0, 0.05) is 0 Å². The van der Waals surface area contributed by atoms with Crippen LogP contribution in [0, 0.1) is 0 Å². The van der Waals surface area contributed by atoms with Gasteiger partial charge in [0.25, 0.3) is 0 Å². The van der Waals surface area contributed by atoms with Crippen LogP contribution in [0.4, 0.5) is 0 Å². The van der Waals surface area contributed by atoms with Crippen LogP contribution in [0.1, 0.15) is 41.7 Å². The van der Waals surface area contributed by atoms with Crippen molar-refractivity contribution >= 4 is 174 Å². The van der Waals surface area contributed by atoms with Crippen molar-refractivity contribution in [2.75, 3.05) is 0 Å². The largest absolute Gasteiger partial charge is 0.228 e. The van der Waals surface area contributed by atoms with Crippen LogP contribution >= 0.6 is 174 Å². The van der Waals surface area contributed by atoms with Crippen molar-refractivity contribution in [3.63, 3.8) is 0 Å². The summed E-state index contributed by atoms with van der Waals surface area (Å²) in [5, 5.41) is 13.0. The van der Waals surface area contributed by atoms with Crippen molar-refractivity contribution in [2.45, 2.75) is 43.8 Å². The third-order valence-corrected chi connectivity index (χ3v) is 11.2. The van der Waals surface area contributed by atoms with Gasteiger partial charge in [-0.15, -0.1) is 0 Å². The maximum atomic E-state index is 13.0. The SMILES string of the molecule is CCC([O])c1c(C(Cl)(Cl)C(Cl)(Cl)Cl)cc(C(Cl)(Cl)C(Cl)(Cl)Cl)cc1C(Cl)(Cl)C(Cl)(Cl)Cl. The predicted molar refractivity (Wildman–Crippen MR) is 141 cm³/mol. The van der Waals surface area contributed by atoms with E-state index in [0.717, 1.165) is 12.1 Å². The minimum absolute atomic E-state index is 0.0237. The molecule has 0 aliphatic heterocycles. The summed E-state index contributed by atoms with van der Waals surface area (Å²) in [4.78, 5) is 0. The van der Waals surface area contributed by atoms with Gasteiger partial charge in [-0.3, -0.25) is 0 Å². The standard InChI is InChI=1S/C15H8Cl15O/c1-2-8(31)9-6(11(18,19)14(25,26)27)3-5(10(16,17)13(22,23)24)4-7(9)12(20,21)15(28,29)30/h3-4,8H,2H2,1H3. The molecule has 0 saturated carbocycles. The molecular formula is C15H8Cl15O. The Balaban J connectivity index is 4.31. The van der Waals surface area contributed by atoms with E-state index in [9.17, 15) is 5.11 Å². The van der Waals surface area contributed by atoms with Gasteiger partial charge in [0.2, 0.25) is 11.4 Å². The highest BCUT2D eigenvalue weighted by molar-refractivity contribution is 6.77. The maximum absolute atomic E-state index is 13.0. The molecule has 1 rings (SSSR count). The average Bonchev–Trinajstić information content (AvgIpc) is 2.56. The van der Waals surface area contributed by atoms with Gasteiger partial charge in [-0.2, -0.15) is 0 Å². The van der Waals surface area contributed by atoms with E-state index < -0.39 is 30.5 Å². The normalized spacial score (nSPS) is 15.9. The van der Waals surface area contributed by atoms with E-state index in [1.807, 2.05) is 0 Å². The molecule has 16 heteroatoms. The third-order valence-electron chi connectivity index (χ3n) is 3.98. The summed E-state index contributed by atoms with van der Waals surface area (Å²) in [6.07, 6.45) is -1.61. The molecule has 1 unspecified atom stereocenters. The van der Waals surface area contributed by atoms with Crippen LogP contribution in [0.15, 0.2) is 12.1 Å². The number of alkyl halides is 15. The summed E-state index contributed by atoms with van der Waals surface area (Å²) < 4.78 is -14.2. The van der Waals surface area contributed by atoms with Crippen LogP contribution in [0.2, 0.25) is 0 Å². The molecule has 1 nitrogen and oxygen atoms in total. The predicted octanol–water partition coefficient (Wildman–Crippen LogP) is 11.6. The lowest BCUT2D eigenvalue weighted by Gasteiger charge is -2.38. The zero-order valence-corrected chi connectivity index (χ0v) is 25.9. The van der Waals surface area contributed by atoms with Gasteiger partial charge in [0.1, 0.15) is 6.10 Å². The fourth-order valence-corrected chi connectivity index (χ4v) is 4.16. The Labute approximate surface area is 254 Å². The molecule has 31 heavy (non-hydrogen) atoms. The summed E-state index contributed by atoms with van der Waals surface area (Å²) >= 11 is 91.7. The molecule has 1 atom stereocenters. The van der Waals surface area contributed by atoms with Crippen LogP contribution in [0.5, 0.6) is 0 Å². The number of rotatable bonds is 5. The zero-order chi connectivity index (χ0) is 25.0. The molecule has 0 amide bonds. The lowest BCUT2D eigenvalue weighted by atomic mass is 9.88. The third kappa shape index (κ3) is 6.70. The number of benzene rings is 1. The van der Waals surface area contributed by atoms with Gasteiger partial charge in [-0.05, 0) is 40.8 Å². The van der Waals surface area contributed by atoms with Gasteiger partial charge >= 0.3 is 0 Å². The van der Waals surface area contributed by atoms with Gasteiger partial charge < -0.3 is 0 Å². The number of hydrogen-bond donors (Lipinski definition) is 0. The van der Waals surface area contributed by atoms with Crippen molar-refractivity contribution < 1.29 is 5.11 Å². The van der Waals surface area contributed by atoms with E-state index in [0.29, 0.717) is 0 Å². The molecule has 0 fully saturated rings. The first kappa shape index (κ1) is 32.6. The lowest BCUT2D eigenvalue weighted by Crippen LogP contribution is -2.36. The summed E-state index contributed by atoms with van der Waals surface area (Å²) in [5.41, 5.74) is -1.03.